The number of hydrogen-bond acceptors (Lipinski definition) is 3. The summed E-state index contributed by atoms with van der Waals surface area (Å²) in [5.74, 6) is 0.474. The van der Waals surface area contributed by atoms with Crippen LogP contribution >= 0.6 is 27.3 Å². The first-order valence-corrected chi connectivity index (χ1v) is 8.19. The second kappa shape index (κ2) is 7.17. The summed E-state index contributed by atoms with van der Waals surface area (Å²) < 4.78 is 1.13. The van der Waals surface area contributed by atoms with Gasteiger partial charge in [-0.1, -0.05) is 41.9 Å². The van der Waals surface area contributed by atoms with Crippen molar-refractivity contribution < 1.29 is 0 Å². The first-order valence-electron chi connectivity index (χ1n) is 6.52. The number of nitrogens with one attached hydrogen (secondary N) is 1. The lowest BCUT2D eigenvalue weighted by molar-refractivity contribution is 0.526. The Kier molecular flexibility index (Phi) is 5.55. The number of benzene rings is 1. The van der Waals surface area contributed by atoms with Crippen LogP contribution in [0.15, 0.2) is 40.3 Å². The van der Waals surface area contributed by atoms with E-state index in [9.17, 15) is 0 Å². The molecule has 1 heterocycles. The van der Waals surface area contributed by atoms with E-state index in [-0.39, 0.29) is 0 Å². The third kappa shape index (κ3) is 4.71. The lowest BCUT2D eigenvalue weighted by Gasteiger charge is -2.19. The molecule has 0 amide bonds. The van der Waals surface area contributed by atoms with Crippen LogP contribution < -0.4 is 5.32 Å². The normalized spacial score (nSPS) is 12.8. The van der Waals surface area contributed by atoms with Crippen LogP contribution in [0.3, 0.4) is 0 Å². The van der Waals surface area contributed by atoms with Gasteiger partial charge in [-0.25, -0.2) is 4.98 Å². The molecule has 2 rings (SSSR count). The number of nitrogens with zero attached hydrogens (tertiary/aromatic N) is 1. The Morgan fingerprint density at radius 3 is 2.58 bits per heavy atom. The van der Waals surface area contributed by atoms with Gasteiger partial charge in [-0.15, -0.1) is 11.3 Å². The summed E-state index contributed by atoms with van der Waals surface area (Å²) in [5.41, 5.74) is 1.37. The molecule has 0 saturated carbocycles. The SMILES string of the molecule is CC(C)NCC(Cc1nccs1)c1ccc(Br)cc1. The third-order valence-corrected chi connectivity index (χ3v) is 4.35. The molecule has 1 atom stereocenters. The fourth-order valence-electron chi connectivity index (χ4n) is 1.99. The van der Waals surface area contributed by atoms with Crippen molar-refractivity contribution in [1.82, 2.24) is 10.3 Å². The molecule has 0 aliphatic heterocycles. The monoisotopic (exact) mass is 338 g/mol. The van der Waals surface area contributed by atoms with Crippen LogP contribution in [0, 0.1) is 0 Å². The maximum atomic E-state index is 4.41. The molecule has 4 heteroatoms. The van der Waals surface area contributed by atoms with Crippen molar-refractivity contribution in [1.29, 1.82) is 0 Å². The molecule has 2 aromatic rings. The van der Waals surface area contributed by atoms with Crippen LogP contribution in [-0.4, -0.2) is 17.6 Å². The van der Waals surface area contributed by atoms with E-state index < -0.39 is 0 Å². The molecule has 1 aromatic heterocycles. The molecule has 0 radical (unpaired) electrons. The highest BCUT2D eigenvalue weighted by atomic mass is 79.9. The van der Waals surface area contributed by atoms with E-state index in [1.54, 1.807) is 11.3 Å². The molecule has 1 unspecified atom stereocenters. The largest absolute Gasteiger partial charge is 0.314 e. The van der Waals surface area contributed by atoms with E-state index in [1.165, 1.54) is 10.6 Å². The van der Waals surface area contributed by atoms with Gasteiger partial charge in [0.15, 0.2) is 0 Å². The predicted molar refractivity (Wildman–Crippen MR) is 85.8 cm³/mol. The molecular weight excluding hydrogens is 320 g/mol. The number of hydrogen-bond donors (Lipinski definition) is 1. The quantitative estimate of drug-likeness (QED) is 0.852. The van der Waals surface area contributed by atoms with Crippen LogP contribution in [0.1, 0.15) is 30.3 Å². The summed E-state index contributed by atoms with van der Waals surface area (Å²) in [6, 6.07) is 9.13. The number of thiazole rings is 1. The lowest BCUT2D eigenvalue weighted by atomic mass is 9.95. The first-order chi connectivity index (χ1) is 9.15. The van der Waals surface area contributed by atoms with Crippen molar-refractivity contribution in [2.75, 3.05) is 6.54 Å². The van der Waals surface area contributed by atoms with Crippen molar-refractivity contribution in [3.05, 3.63) is 50.9 Å². The summed E-state index contributed by atoms with van der Waals surface area (Å²) in [7, 11) is 0. The molecule has 2 nitrogen and oxygen atoms in total. The molecule has 0 fully saturated rings. The smallest absolute Gasteiger partial charge is 0.0931 e. The van der Waals surface area contributed by atoms with Crippen molar-refractivity contribution in [2.24, 2.45) is 0 Å². The fraction of sp³-hybridized carbons (Fsp3) is 0.400. The molecule has 0 aliphatic carbocycles. The second-order valence-electron chi connectivity index (χ2n) is 4.94. The summed E-state index contributed by atoms with van der Waals surface area (Å²) in [6.45, 7) is 5.35. The predicted octanol–water partition coefficient (Wildman–Crippen LogP) is 4.23. The van der Waals surface area contributed by atoms with Crippen molar-refractivity contribution in [2.45, 2.75) is 32.2 Å². The highest BCUT2D eigenvalue weighted by Gasteiger charge is 2.14. The van der Waals surface area contributed by atoms with E-state index in [0.717, 1.165) is 17.4 Å². The van der Waals surface area contributed by atoms with Crippen LogP contribution in [0.2, 0.25) is 0 Å². The zero-order chi connectivity index (χ0) is 13.7. The summed E-state index contributed by atoms with van der Waals surface area (Å²) in [6.07, 6.45) is 2.88. The zero-order valence-corrected chi connectivity index (χ0v) is 13.7. The number of rotatable bonds is 6. The van der Waals surface area contributed by atoms with E-state index in [4.69, 9.17) is 0 Å². The van der Waals surface area contributed by atoms with Crippen molar-refractivity contribution in [3.8, 4) is 0 Å². The van der Waals surface area contributed by atoms with Gasteiger partial charge in [0.05, 0.1) is 5.01 Å². The molecule has 19 heavy (non-hydrogen) atoms. The highest BCUT2D eigenvalue weighted by molar-refractivity contribution is 9.10. The Bertz CT molecular complexity index is 479. The van der Waals surface area contributed by atoms with Gasteiger partial charge in [0, 0.05) is 41.0 Å². The Morgan fingerprint density at radius 2 is 2.00 bits per heavy atom. The van der Waals surface area contributed by atoms with Gasteiger partial charge < -0.3 is 5.32 Å². The van der Waals surface area contributed by atoms with E-state index in [2.05, 4.69) is 64.3 Å². The highest BCUT2D eigenvalue weighted by Crippen LogP contribution is 2.23. The molecule has 0 spiro atoms. The van der Waals surface area contributed by atoms with E-state index >= 15 is 0 Å². The minimum absolute atomic E-state index is 0.474. The number of halogens is 1. The zero-order valence-electron chi connectivity index (χ0n) is 11.3. The Labute approximate surface area is 127 Å². The van der Waals surface area contributed by atoms with Crippen LogP contribution in [0.4, 0.5) is 0 Å². The van der Waals surface area contributed by atoms with Crippen LogP contribution in [0.5, 0.6) is 0 Å². The van der Waals surface area contributed by atoms with Crippen molar-refractivity contribution >= 4 is 27.3 Å². The number of aromatic nitrogens is 1. The standard InChI is InChI=1S/C15H19BrN2S/c1-11(2)18-10-13(9-15-17-7-8-19-15)12-3-5-14(16)6-4-12/h3-8,11,13,18H,9-10H2,1-2H3. The van der Waals surface area contributed by atoms with Gasteiger partial charge in [0.2, 0.25) is 0 Å². The third-order valence-electron chi connectivity index (χ3n) is 3.02. The lowest BCUT2D eigenvalue weighted by Crippen LogP contribution is -2.28. The second-order valence-corrected chi connectivity index (χ2v) is 6.84. The van der Waals surface area contributed by atoms with Crippen LogP contribution in [-0.2, 0) is 6.42 Å². The molecule has 1 N–H and O–H groups in total. The van der Waals surface area contributed by atoms with Gasteiger partial charge in [-0.05, 0) is 17.7 Å². The average molecular weight is 339 g/mol. The first kappa shape index (κ1) is 14.7. The minimum atomic E-state index is 0.474. The summed E-state index contributed by atoms with van der Waals surface area (Å²) in [5, 5.41) is 6.79. The maximum absolute atomic E-state index is 4.41. The Morgan fingerprint density at radius 1 is 1.26 bits per heavy atom. The van der Waals surface area contributed by atoms with E-state index in [1.807, 2.05) is 11.6 Å². The molecule has 0 bridgehead atoms. The van der Waals surface area contributed by atoms with Gasteiger partial charge in [-0.3, -0.25) is 0 Å². The molecule has 0 aliphatic rings. The molecule has 1 aromatic carbocycles. The van der Waals surface area contributed by atoms with Crippen molar-refractivity contribution in [3.63, 3.8) is 0 Å². The van der Waals surface area contributed by atoms with Gasteiger partial charge in [-0.2, -0.15) is 0 Å². The maximum Gasteiger partial charge on any atom is 0.0931 e. The Hall–Kier alpha value is -0.710. The molecule has 0 saturated heterocycles. The average Bonchev–Trinajstić information content (AvgIpc) is 2.88. The minimum Gasteiger partial charge on any atom is -0.314 e. The fourth-order valence-corrected chi connectivity index (χ4v) is 2.95. The van der Waals surface area contributed by atoms with Crippen LogP contribution in [0.25, 0.3) is 0 Å². The molecule has 102 valence electrons. The van der Waals surface area contributed by atoms with Gasteiger partial charge in [0.1, 0.15) is 0 Å². The van der Waals surface area contributed by atoms with Gasteiger partial charge in [0.25, 0.3) is 0 Å². The topological polar surface area (TPSA) is 24.9 Å². The van der Waals surface area contributed by atoms with Gasteiger partial charge >= 0.3 is 0 Å². The Balaban J connectivity index is 2.11. The summed E-state index contributed by atoms with van der Waals surface area (Å²) >= 11 is 5.23. The molecular formula is C15H19BrN2S. The summed E-state index contributed by atoms with van der Waals surface area (Å²) in [4.78, 5) is 4.41. The van der Waals surface area contributed by atoms with E-state index in [0.29, 0.717) is 12.0 Å².